The van der Waals surface area contributed by atoms with Crippen LogP contribution in [0, 0.1) is 5.41 Å². The maximum Gasteiger partial charge on any atom is 0.280 e. The van der Waals surface area contributed by atoms with Gasteiger partial charge in [0, 0.05) is 42.9 Å². The van der Waals surface area contributed by atoms with Gasteiger partial charge in [-0.05, 0) is 48.4 Å². The van der Waals surface area contributed by atoms with Gasteiger partial charge in [0.05, 0.1) is 17.3 Å². The van der Waals surface area contributed by atoms with Gasteiger partial charge in [0.1, 0.15) is 11.2 Å². The highest BCUT2D eigenvalue weighted by Crippen LogP contribution is 2.45. The maximum atomic E-state index is 7.86. The Hall–Kier alpha value is -3.97. The molecule has 4 N–H and O–H groups in total. The SMILES string of the molecule is CCCN(CCCNc1cc(/C=C2\Sc3ccccc3N2C)c2ccccc2[n+]1-c1ccccc1)C(=N)N. The minimum absolute atomic E-state index is 0.144. The summed E-state index contributed by atoms with van der Waals surface area (Å²) in [6.45, 7) is 4.45. The molecule has 1 aromatic heterocycles. The largest absolute Gasteiger partial charge is 0.370 e. The van der Waals surface area contributed by atoms with Crippen molar-refractivity contribution in [1.29, 1.82) is 5.41 Å². The molecule has 1 aliphatic heterocycles. The number of hydrogen-bond donors (Lipinski definition) is 3. The Labute approximate surface area is 229 Å². The van der Waals surface area contributed by atoms with Crippen molar-refractivity contribution in [2.45, 2.75) is 24.7 Å². The molecule has 1 aliphatic rings. The Morgan fingerprint density at radius 2 is 1.76 bits per heavy atom. The van der Waals surface area contributed by atoms with Crippen LogP contribution in [-0.4, -0.2) is 37.5 Å². The predicted molar refractivity (Wildman–Crippen MR) is 161 cm³/mol. The molecule has 194 valence electrons. The number of fused-ring (bicyclic) bond motifs is 2. The van der Waals surface area contributed by atoms with Crippen molar-refractivity contribution >= 4 is 46.2 Å². The number of nitrogens with one attached hydrogen (secondary N) is 2. The second kappa shape index (κ2) is 11.6. The molecule has 0 amide bonds. The number of aromatic nitrogens is 1. The summed E-state index contributed by atoms with van der Waals surface area (Å²) >= 11 is 1.81. The molecule has 0 saturated heterocycles. The third-order valence-electron chi connectivity index (χ3n) is 6.80. The standard InChI is InChI=1S/C31H34N6S/c1-3-19-36(31(32)33)20-11-18-34-29-21-23(22-30-35(2)27-16-9-10-17-28(27)38-30)25-14-7-8-15-26(25)37(29)24-12-5-4-6-13-24/h4-10,12-17,21-22H,3,11,18-20H2,1-2H3,(H3,32,33)/p+1/b30-22-. The van der Waals surface area contributed by atoms with Gasteiger partial charge >= 0.3 is 0 Å². The van der Waals surface area contributed by atoms with Gasteiger partial charge in [0.2, 0.25) is 0 Å². The lowest BCUT2D eigenvalue weighted by molar-refractivity contribution is -0.551. The number of rotatable bonds is 9. The molecule has 0 bridgehead atoms. The first-order chi connectivity index (χ1) is 18.6. The van der Waals surface area contributed by atoms with Gasteiger partial charge in [-0.15, -0.1) is 0 Å². The van der Waals surface area contributed by atoms with Gasteiger partial charge in [0.25, 0.3) is 5.82 Å². The van der Waals surface area contributed by atoms with E-state index in [1.165, 1.54) is 26.6 Å². The van der Waals surface area contributed by atoms with Crippen LogP contribution in [0.1, 0.15) is 25.3 Å². The van der Waals surface area contributed by atoms with E-state index in [0.717, 1.165) is 49.5 Å². The zero-order valence-electron chi connectivity index (χ0n) is 22.0. The molecule has 0 fully saturated rings. The molecular weight excluding hydrogens is 488 g/mol. The van der Waals surface area contributed by atoms with Crippen LogP contribution in [-0.2, 0) is 0 Å². The van der Waals surface area contributed by atoms with E-state index >= 15 is 0 Å². The molecule has 2 heterocycles. The molecule has 5 rings (SSSR count). The Morgan fingerprint density at radius 3 is 2.53 bits per heavy atom. The molecule has 6 nitrogen and oxygen atoms in total. The molecule has 0 radical (unpaired) electrons. The fourth-order valence-corrected chi connectivity index (χ4v) is 6.03. The van der Waals surface area contributed by atoms with Gasteiger partial charge < -0.3 is 15.5 Å². The van der Waals surface area contributed by atoms with Gasteiger partial charge in [-0.1, -0.05) is 67.2 Å². The number of nitrogens with two attached hydrogens (primary N) is 1. The summed E-state index contributed by atoms with van der Waals surface area (Å²) < 4.78 is 2.30. The second-order valence-electron chi connectivity index (χ2n) is 9.44. The normalized spacial score (nSPS) is 13.6. The van der Waals surface area contributed by atoms with E-state index in [2.05, 4.69) is 114 Å². The number of guanidine groups is 1. The zero-order valence-corrected chi connectivity index (χ0v) is 22.8. The van der Waals surface area contributed by atoms with E-state index in [1.807, 2.05) is 22.7 Å². The molecule has 0 aliphatic carbocycles. The summed E-state index contributed by atoms with van der Waals surface area (Å²) in [6.07, 6.45) is 4.15. The molecular formula is C31H35N6S+. The topological polar surface area (TPSA) is 72.3 Å². The lowest BCUT2D eigenvalue weighted by Gasteiger charge is -2.21. The number of thioether (sulfide) groups is 1. The molecule has 4 aromatic rings. The molecule has 7 heteroatoms. The van der Waals surface area contributed by atoms with E-state index in [4.69, 9.17) is 11.1 Å². The first-order valence-electron chi connectivity index (χ1n) is 13.1. The van der Waals surface area contributed by atoms with Crippen LogP contribution in [0.5, 0.6) is 0 Å². The van der Waals surface area contributed by atoms with Crippen LogP contribution < -0.4 is 20.5 Å². The van der Waals surface area contributed by atoms with E-state index in [-0.39, 0.29) is 5.96 Å². The third-order valence-corrected chi connectivity index (χ3v) is 7.97. The number of anilines is 2. The average molecular weight is 524 g/mol. The number of hydrogen-bond acceptors (Lipinski definition) is 4. The minimum Gasteiger partial charge on any atom is -0.370 e. The quantitative estimate of drug-likeness (QED) is 0.108. The highest BCUT2D eigenvalue weighted by atomic mass is 32.2. The van der Waals surface area contributed by atoms with Crippen molar-refractivity contribution in [3.8, 4) is 5.69 Å². The monoisotopic (exact) mass is 523 g/mol. The summed E-state index contributed by atoms with van der Waals surface area (Å²) in [5, 5.41) is 14.0. The van der Waals surface area contributed by atoms with Gasteiger partial charge in [-0.2, -0.15) is 4.57 Å². The Balaban J connectivity index is 1.53. The van der Waals surface area contributed by atoms with E-state index < -0.39 is 0 Å². The van der Waals surface area contributed by atoms with Crippen molar-refractivity contribution in [2.24, 2.45) is 5.73 Å². The van der Waals surface area contributed by atoms with Crippen LogP contribution in [0.3, 0.4) is 0 Å². The number of para-hydroxylation sites is 3. The lowest BCUT2D eigenvalue weighted by atomic mass is 10.1. The van der Waals surface area contributed by atoms with Crippen LogP contribution in [0.25, 0.3) is 22.7 Å². The van der Waals surface area contributed by atoms with Crippen LogP contribution >= 0.6 is 11.8 Å². The van der Waals surface area contributed by atoms with E-state index in [1.54, 1.807) is 0 Å². The van der Waals surface area contributed by atoms with E-state index in [0.29, 0.717) is 0 Å². The van der Waals surface area contributed by atoms with Gasteiger partial charge in [0.15, 0.2) is 5.96 Å². The van der Waals surface area contributed by atoms with Crippen molar-refractivity contribution < 1.29 is 4.57 Å². The Bertz CT molecular complexity index is 1470. The van der Waals surface area contributed by atoms with Crippen LogP contribution in [0.4, 0.5) is 11.5 Å². The van der Waals surface area contributed by atoms with E-state index in [9.17, 15) is 0 Å². The van der Waals surface area contributed by atoms with Crippen LogP contribution in [0.2, 0.25) is 0 Å². The lowest BCUT2D eigenvalue weighted by Crippen LogP contribution is -2.39. The molecule has 0 atom stereocenters. The second-order valence-corrected chi connectivity index (χ2v) is 10.5. The summed E-state index contributed by atoms with van der Waals surface area (Å²) in [4.78, 5) is 5.49. The van der Waals surface area contributed by atoms with Gasteiger partial charge in [-0.3, -0.25) is 10.7 Å². The van der Waals surface area contributed by atoms with Crippen molar-refractivity contribution in [2.75, 3.05) is 36.9 Å². The summed E-state index contributed by atoms with van der Waals surface area (Å²) in [5.74, 6) is 1.18. The first kappa shape index (κ1) is 25.7. The molecule has 0 spiro atoms. The number of pyridine rings is 1. The average Bonchev–Trinajstić information content (AvgIpc) is 3.25. The fraction of sp³-hybridized carbons (Fsp3) is 0.226. The smallest absolute Gasteiger partial charge is 0.280 e. The minimum atomic E-state index is 0.144. The number of benzene rings is 3. The fourth-order valence-electron chi connectivity index (χ4n) is 4.93. The first-order valence-corrected chi connectivity index (χ1v) is 14.0. The zero-order chi connectivity index (χ0) is 26.5. The molecule has 0 saturated carbocycles. The van der Waals surface area contributed by atoms with Crippen molar-refractivity contribution in [3.63, 3.8) is 0 Å². The van der Waals surface area contributed by atoms with Gasteiger partial charge in [-0.25, -0.2) is 0 Å². The summed E-state index contributed by atoms with van der Waals surface area (Å²) in [6, 6.07) is 29.9. The maximum absolute atomic E-state index is 7.86. The summed E-state index contributed by atoms with van der Waals surface area (Å²) in [7, 11) is 2.14. The molecule has 0 unspecified atom stereocenters. The van der Waals surface area contributed by atoms with Crippen molar-refractivity contribution in [3.05, 3.63) is 95.5 Å². The third kappa shape index (κ3) is 5.34. The Morgan fingerprint density at radius 1 is 1.03 bits per heavy atom. The van der Waals surface area contributed by atoms with Crippen LogP contribution in [0.15, 0.2) is 94.9 Å². The van der Waals surface area contributed by atoms with Crippen molar-refractivity contribution in [1.82, 2.24) is 4.90 Å². The predicted octanol–water partition coefficient (Wildman–Crippen LogP) is 6.06. The highest BCUT2D eigenvalue weighted by molar-refractivity contribution is 8.03. The highest BCUT2D eigenvalue weighted by Gasteiger charge is 2.23. The molecule has 38 heavy (non-hydrogen) atoms. The molecule has 3 aromatic carbocycles. The summed E-state index contributed by atoms with van der Waals surface area (Å²) in [5.41, 5.74) is 10.5. The number of nitrogens with zero attached hydrogens (tertiary/aromatic N) is 3. The Kier molecular flexibility index (Phi) is 7.84.